The Hall–Kier alpha value is -2.82. The van der Waals surface area contributed by atoms with Crippen LogP contribution in [0.4, 0.5) is 5.69 Å². The quantitative estimate of drug-likeness (QED) is 0.711. The van der Waals surface area contributed by atoms with Crippen molar-refractivity contribution < 1.29 is 19.1 Å². The zero-order valence-electron chi connectivity index (χ0n) is 16.9. The molecular formula is C23H27NO4. The van der Waals surface area contributed by atoms with Crippen LogP contribution in [-0.4, -0.2) is 24.4 Å². The van der Waals surface area contributed by atoms with Crippen molar-refractivity contribution in [1.29, 1.82) is 0 Å². The van der Waals surface area contributed by atoms with Crippen molar-refractivity contribution in [3.63, 3.8) is 0 Å². The van der Waals surface area contributed by atoms with Crippen LogP contribution >= 0.6 is 0 Å². The average Bonchev–Trinajstić information content (AvgIpc) is 3.01. The molecule has 5 heteroatoms. The Balaban J connectivity index is 1.65. The molecule has 0 aliphatic carbocycles. The third-order valence-electron chi connectivity index (χ3n) is 4.98. The van der Waals surface area contributed by atoms with E-state index in [2.05, 4.69) is 5.32 Å². The Labute approximate surface area is 166 Å². The van der Waals surface area contributed by atoms with Gasteiger partial charge < -0.3 is 14.8 Å². The Morgan fingerprint density at radius 2 is 1.93 bits per heavy atom. The number of anilines is 1. The van der Waals surface area contributed by atoms with Crippen LogP contribution < -0.4 is 14.8 Å². The number of amides is 1. The fraction of sp³-hybridized carbons (Fsp3) is 0.391. The zero-order valence-corrected chi connectivity index (χ0v) is 16.9. The van der Waals surface area contributed by atoms with E-state index in [1.165, 1.54) is 0 Å². The first kappa shape index (κ1) is 19.9. The lowest BCUT2D eigenvalue weighted by molar-refractivity contribution is -0.116. The van der Waals surface area contributed by atoms with Crippen molar-refractivity contribution in [2.45, 2.75) is 53.1 Å². The summed E-state index contributed by atoms with van der Waals surface area (Å²) in [5.74, 6) is 1.16. The van der Waals surface area contributed by atoms with E-state index in [9.17, 15) is 9.59 Å². The molecule has 2 aromatic rings. The number of ether oxygens (including phenoxy) is 2. The molecular weight excluding hydrogens is 354 g/mol. The van der Waals surface area contributed by atoms with Crippen LogP contribution in [0.3, 0.4) is 0 Å². The van der Waals surface area contributed by atoms with E-state index >= 15 is 0 Å². The fourth-order valence-electron chi connectivity index (χ4n) is 3.31. The van der Waals surface area contributed by atoms with Crippen molar-refractivity contribution in [2.75, 3.05) is 11.9 Å². The lowest BCUT2D eigenvalue weighted by Crippen LogP contribution is -2.14. The van der Waals surface area contributed by atoms with Gasteiger partial charge in [-0.3, -0.25) is 9.59 Å². The molecule has 0 saturated heterocycles. The topological polar surface area (TPSA) is 64.6 Å². The molecule has 0 bridgehead atoms. The predicted molar refractivity (Wildman–Crippen MR) is 110 cm³/mol. The summed E-state index contributed by atoms with van der Waals surface area (Å²) in [6, 6.07) is 9.37. The lowest BCUT2D eigenvalue weighted by Gasteiger charge is -2.13. The highest BCUT2D eigenvalue weighted by molar-refractivity contribution is 6.00. The minimum Gasteiger partial charge on any atom is -0.492 e. The van der Waals surface area contributed by atoms with Crippen LogP contribution in [0.25, 0.3) is 0 Å². The number of nitrogens with one attached hydrogen (secondary N) is 1. The second-order valence-corrected chi connectivity index (χ2v) is 7.29. The summed E-state index contributed by atoms with van der Waals surface area (Å²) in [5, 5.41) is 2.87. The third kappa shape index (κ3) is 4.53. The maximum atomic E-state index is 12.4. The van der Waals surface area contributed by atoms with E-state index in [4.69, 9.17) is 9.47 Å². The van der Waals surface area contributed by atoms with E-state index < -0.39 is 0 Å². The number of benzene rings is 2. The average molecular weight is 381 g/mol. The highest BCUT2D eigenvalue weighted by Crippen LogP contribution is 2.38. The van der Waals surface area contributed by atoms with Crippen LogP contribution in [0.1, 0.15) is 53.7 Å². The predicted octanol–water partition coefficient (Wildman–Crippen LogP) is 4.63. The van der Waals surface area contributed by atoms with E-state index in [-0.39, 0.29) is 30.6 Å². The number of aryl methyl sites for hydroxylation is 2. The summed E-state index contributed by atoms with van der Waals surface area (Å²) >= 11 is 0. The summed E-state index contributed by atoms with van der Waals surface area (Å²) in [5.41, 5.74) is 4.53. The molecule has 0 saturated carbocycles. The molecule has 1 unspecified atom stereocenters. The molecule has 0 aromatic heterocycles. The van der Waals surface area contributed by atoms with Gasteiger partial charge in [0.1, 0.15) is 17.6 Å². The van der Waals surface area contributed by atoms with Crippen LogP contribution in [0.15, 0.2) is 30.3 Å². The molecule has 0 radical (unpaired) electrons. The molecule has 1 amide bonds. The van der Waals surface area contributed by atoms with Gasteiger partial charge in [-0.05, 0) is 51.0 Å². The molecule has 5 nitrogen and oxygen atoms in total. The molecule has 2 aromatic carbocycles. The Bertz CT molecular complexity index is 904. The number of Topliss-reactive ketones (excluding diaryl/α,β-unsaturated/α-hetero) is 1. The molecule has 0 spiro atoms. The molecule has 1 aliphatic heterocycles. The standard InChI is InChI=1S/C23H27NO4/c1-5-27-22-12-18-11-16(4)28-21(18)13-19(22)24-23(26)9-8-20(25)17-7-6-14(2)15(3)10-17/h6-7,10,12-13,16H,5,8-9,11H2,1-4H3,(H,24,26). The number of hydrogen-bond acceptors (Lipinski definition) is 4. The number of fused-ring (bicyclic) bond motifs is 1. The Morgan fingerprint density at radius 3 is 2.64 bits per heavy atom. The number of rotatable bonds is 7. The fourth-order valence-corrected chi connectivity index (χ4v) is 3.31. The maximum absolute atomic E-state index is 12.4. The number of ketones is 1. The third-order valence-corrected chi connectivity index (χ3v) is 4.98. The zero-order chi connectivity index (χ0) is 20.3. The monoisotopic (exact) mass is 381 g/mol. The van der Waals surface area contributed by atoms with E-state index in [0.29, 0.717) is 23.6 Å². The maximum Gasteiger partial charge on any atom is 0.224 e. The SMILES string of the molecule is CCOc1cc2c(cc1NC(=O)CCC(=O)c1ccc(C)c(C)c1)OC(C)C2. The van der Waals surface area contributed by atoms with Crippen LogP contribution in [0, 0.1) is 13.8 Å². The van der Waals surface area contributed by atoms with Gasteiger partial charge >= 0.3 is 0 Å². The van der Waals surface area contributed by atoms with Crippen LogP contribution in [-0.2, 0) is 11.2 Å². The van der Waals surface area contributed by atoms with Crippen molar-refractivity contribution in [3.8, 4) is 11.5 Å². The summed E-state index contributed by atoms with van der Waals surface area (Å²) in [4.78, 5) is 24.8. The molecule has 3 rings (SSSR count). The Morgan fingerprint density at radius 1 is 1.14 bits per heavy atom. The van der Waals surface area contributed by atoms with Crippen molar-refractivity contribution in [1.82, 2.24) is 0 Å². The van der Waals surface area contributed by atoms with Gasteiger partial charge in [0, 0.05) is 36.5 Å². The highest BCUT2D eigenvalue weighted by atomic mass is 16.5. The summed E-state index contributed by atoms with van der Waals surface area (Å²) in [6.07, 6.45) is 1.22. The van der Waals surface area contributed by atoms with Gasteiger partial charge in [-0.15, -0.1) is 0 Å². The van der Waals surface area contributed by atoms with Gasteiger partial charge in [0.25, 0.3) is 0 Å². The molecule has 1 N–H and O–H groups in total. The number of carbonyl (C=O) groups is 2. The molecule has 148 valence electrons. The van der Waals surface area contributed by atoms with Gasteiger partial charge in [0.05, 0.1) is 12.3 Å². The summed E-state index contributed by atoms with van der Waals surface area (Å²) < 4.78 is 11.5. The van der Waals surface area contributed by atoms with Gasteiger partial charge in [-0.1, -0.05) is 12.1 Å². The van der Waals surface area contributed by atoms with E-state index in [1.807, 2.05) is 58.0 Å². The second kappa shape index (κ2) is 8.46. The molecule has 1 aliphatic rings. The minimum atomic E-state index is -0.218. The first-order chi connectivity index (χ1) is 13.4. The lowest BCUT2D eigenvalue weighted by atomic mass is 10.0. The minimum absolute atomic E-state index is 0.0330. The van der Waals surface area contributed by atoms with E-state index in [0.717, 1.165) is 28.9 Å². The van der Waals surface area contributed by atoms with Gasteiger partial charge in [0.15, 0.2) is 5.78 Å². The normalized spacial score (nSPS) is 14.9. The first-order valence-electron chi connectivity index (χ1n) is 9.74. The number of hydrogen-bond donors (Lipinski definition) is 1. The molecule has 1 atom stereocenters. The van der Waals surface area contributed by atoms with E-state index in [1.54, 1.807) is 0 Å². The summed E-state index contributed by atoms with van der Waals surface area (Å²) in [6.45, 7) is 8.40. The smallest absolute Gasteiger partial charge is 0.224 e. The van der Waals surface area contributed by atoms with Crippen LogP contribution in [0.2, 0.25) is 0 Å². The second-order valence-electron chi connectivity index (χ2n) is 7.29. The van der Waals surface area contributed by atoms with Crippen LogP contribution in [0.5, 0.6) is 11.5 Å². The molecule has 28 heavy (non-hydrogen) atoms. The molecule has 1 heterocycles. The first-order valence-corrected chi connectivity index (χ1v) is 9.74. The number of carbonyl (C=O) groups excluding carboxylic acids is 2. The van der Waals surface area contributed by atoms with Gasteiger partial charge in [-0.25, -0.2) is 0 Å². The molecule has 0 fully saturated rings. The summed E-state index contributed by atoms with van der Waals surface area (Å²) in [7, 11) is 0. The highest BCUT2D eigenvalue weighted by Gasteiger charge is 2.22. The van der Waals surface area contributed by atoms with Crippen molar-refractivity contribution in [3.05, 3.63) is 52.6 Å². The van der Waals surface area contributed by atoms with Gasteiger partial charge in [0.2, 0.25) is 5.91 Å². The Kier molecular flexibility index (Phi) is 6.02. The van der Waals surface area contributed by atoms with Gasteiger partial charge in [-0.2, -0.15) is 0 Å². The van der Waals surface area contributed by atoms with Crippen molar-refractivity contribution in [2.24, 2.45) is 0 Å². The van der Waals surface area contributed by atoms with Crippen molar-refractivity contribution >= 4 is 17.4 Å². The largest absolute Gasteiger partial charge is 0.492 e.